The lowest BCUT2D eigenvalue weighted by Crippen LogP contribution is -2.44. The van der Waals surface area contributed by atoms with E-state index < -0.39 is 10.0 Å². The van der Waals surface area contributed by atoms with Crippen molar-refractivity contribution < 1.29 is 17.9 Å². The lowest BCUT2D eigenvalue weighted by atomic mass is 10.1. The molecule has 0 aliphatic carbocycles. The fourth-order valence-corrected chi connectivity index (χ4v) is 4.35. The topological polar surface area (TPSA) is 88.6 Å². The molecular weight excluding hydrogens is 366 g/mol. The van der Waals surface area contributed by atoms with Crippen molar-refractivity contribution >= 4 is 21.8 Å². The summed E-state index contributed by atoms with van der Waals surface area (Å²) in [5.41, 5.74) is 0.422. The van der Waals surface area contributed by atoms with E-state index >= 15 is 0 Å². The zero-order valence-electron chi connectivity index (χ0n) is 15.2. The second kappa shape index (κ2) is 8.49. The smallest absolute Gasteiger partial charge is 0.339 e. The molecule has 144 valence electrons. The molecule has 0 atom stereocenters. The molecule has 1 aromatic carbocycles. The van der Waals surface area contributed by atoms with Crippen LogP contribution in [-0.4, -0.2) is 45.1 Å². The van der Waals surface area contributed by atoms with Gasteiger partial charge in [-0.2, -0.15) is 0 Å². The summed E-state index contributed by atoms with van der Waals surface area (Å²) in [6, 6.07) is 11.8. The van der Waals surface area contributed by atoms with Crippen LogP contribution in [0.4, 0.5) is 5.82 Å². The molecule has 1 saturated heterocycles. The molecule has 1 fully saturated rings. The van der Waals surface area contributed by atoms with Crippen LogP contribution < -0.4 is 9.62 Å². The standard InChI is InChI=1S/C19H23N3O4S/c1-2-26-19(23)15-8-9-18(20-14-15)22-12-10-16(11-13-22)21-27(24,25)17-6-4-3-5-7-17/h3-9,14,16,21H,2,10-13H2,1H3. The molecule has 3 rings (SSSR count). The van der Waals surface area contributed by atoms with E-state index in [9.17, 15) is 13.2 Å². The fourth-order valence-electron chi connectivity index (χ4n) is 3.02. The third-order valence-corrected chi connectivity index (χ3v) is 5.99. The zero-order valence-corrected chi connectivity index (χ0v) is 16.0. The Morgan fingerprint density at radius 2 is 1.89 bits per heavy atom. The van der Waals surface area contributed by atoms with Gasteiger partial charge >= 0.3 is 5.97 Å². The van der Waals surface area contributed by atoms with Crippen LogP contribution in [0.15, 0.2) is 53.6 Å². The number of pyridine rings is 1. The van der Waals surface area contributed by atoms with Gasteiger partial charge in [0.15, 0.2) is 0 Å². The van der Waals surface area contributed by atoms with E-state index in [-0.39, 0.29) is 16.9 Å². The van der Waals surface area contributed by atoms with E-state index in [0.29, 0.717) is 38.1 Å². The maximum absolute atomic E-state index is 12.4. The maximum atomic E-state index is 12.4. The first-order valence-electron chi connectivity index (χ1n) is 8.95. The Morgan fingerprint density at radius 3 is 2.48 bits per heavy atom. The fraction of sp³-hybridized carbons (Fsp3) is 0.368. The van der Waals surface area contributed by atoms with Crippen LogP contribution in [0.2, 0.25) is 0 Å². The zero-order chi connectivity index (χ0) is 19.3. The van der Waals surface area contributed by atoms with Crippen LogP contribution in [0.3, 0.4) is 0 Å². The Balaban J connectivity index is 1.57. The van der Waals surface area contributed by atoms with Gasteiger partial charge in [0.1, 0.15) is 5.82 Å². The maximum Gasteiger partial charge on any atom is 0.339 e. The van der Waals surface area contributed by atoms with Crippen LogP contribution in [0.1, 0.15) is 30.1 Å². The molecule has 0 saturated carbocycles. The molecule has 8 heteroatoms. The predicted molar refractivity (Wildman–Crippen MR) is 102 cm³/mol. The van der Waals surface area contributed by atoms with Crippen molar-refractivity contribution in [1.82, 2.24) is 9.71 Å². The highest BCUT2D eigenvalue weighted by atomic mass is 32.2. The molecule has 1 N–H and O–H groups in total. The number of hydrogen-bond acceptors (Lipinski definition) is 6. The van der Waals surface area contributed by atoms with Crippen molar-refractivity contribution in [3.8, 4) is 0 Å². The third kappa shape index (κ3) is 4.84. The average Bonchev–Trinajstić information content (AvgIpc) is 2.69. The van der Waals surface area contributed by atoms with Crippen molar-refractivity contribution in [2.24, 2.45) is 0 Å². The minimum Gasteiger partial charge on any atom is -0.462 e. The van der Waals surface area contributed by atoms with Crippen LogP contribution >= 0.6 is 0 Å². The summed E-state index contributed by atoms with van der Waals surface area (Å²) < 4.78 is 32.6. The number of hydrogen-bond donors (Lipinski definition) is 1. The van der Waals surface area contributed by atoms with E-state index in [1.807, 2.05) is 0 Å². The number of ether oxygens (including phenoxy) is 1. The minimum absolute atomic E-state index is 0.106. The molecule has 0 bridgehead atoms. The summed E-state index contributed by atoms with van der Waals surface area (Å²) in [5.74, 6) is 0.387. The van der Waals surface area contributed by atoms with E-state index in [2.05, 4.69) is 14.6 Å². The number of rotatable bonds is 6. The van der Waals surface area contributed by atoms with Gasteiger partial charge in [-0.25, -0.2) is 22.9 Å². The van der Waals surface area contributed by atoms with Crippen molar-refractivity contribution in [1.29, 1.82) is 0 Å². The summed E-state index contributed by atoms with van der Waals surface area (Å²) >= 11 is 0. The summed E-state index contributed by atoms with van der Waals surface area (Å²) in [5, 5.41) is 0. The first kappa shape index (κ1) is 19.3. The van der Waals surface area contributed by atoms with Gasteiger partial charge in [0.05, 0.1) is 17.1 Å². The van der Waals surface area contributed by atoms with Gasteiger partial charge in [0.2, 0.25) is 10.0 Å². The lowest BCUT2D eigenvalue weighted by molar-refractivity contribution is 0.0526. The highest BCUT2D eigenvalue weighted by Crippen LogP contribution is 2.20. The van der Waals surface area contributed by atoms with Gasteiger partial charge in [-0.05, 0) is 44.0 Å². The second-order valence-corrected chi connectivity index (χ2v) is 8.04. The normalized spacial score (nSPS) is 15.5. The van der Waals surface area contributed by atoms with Gasteiger partial charge in [-0.3, -0.25) is 0 Å². The second-order valence-electron chi connectivity index (χ2n) is 6.32. The van der Waals surface area contributed by atoms with Gasteiger partial charge < -0.3 is 9.64 Å². The van der Waals surface area contributed by atoms with Crippen LogP contribution in [-0.2, 0) is 14.8 Å². The number of sulfonamides is 1. The summed E-state index contributed by atoms with van der Waals surface area (Å²) in [6.45, 7) is 3.46. The van der Waals surface area contributed by atoms with Crippen LogP contribution in [0.25, 0.3) is 0 Å². The molecule has 0 unspecified atom stereocenters. The molecule has 0 spiro atoms. The summed E-state index contributed by atoms with van der Waals surface area (Å²) in [6.07, 6.45) is 2.89. The molecule has 7 nitrogen and oxygen atoms in total. The third-order valence-electron chi connectivity index (χ3n) is 4.45. The molecule has 0 radical (unpaired) electrons. The van der Waals surface area contributed by atoms with Crippen molar-refractivity contribution in [2.45, 2.75) is 30.7 Å². The Morgan fingerprint density at radius 1 is 1.19 bits per heavy atom. The predicted octanol–water partition coefficient (Wildman–Crippen LogP) is 2.21. The van der Waals surface area contributed by atoms with Gasteiger partial charge in [-0.15, -0.1) is 0 Å². The molecular formula is C19H23N3O4S. The van der Waals surface area contributed by atoms with Crippen LogP contribution in [0.5, 0.6) is 0 Å². The Bertz CT molecular complexity index is 862. The highest BCUT2D eigenvalue weighted by molar-refractivity contribution is 7.89. The number of anilines is 1. The molecule has 1 aromatic heterocycles. The number of nitrogens with zero attached hydrogens (tertiary/aromatic N) is 2. The number of esters is 1. The molecule has 2 heterocycles. The van der Waals surface area contributed by atoms with Crippen molar-refractivity contribution in [3.05, 3.63) is 54.2 Å². The monoisotopic (exact) mass is 389 g/mol. The largest absolute Gasteiger partial charge is 0.462 e. The highest BCUT2D eigenvalue weighted by Gasteiger charge is 2.25. The number of carbonyl (C=O) groups is 1. The average molecular weight is 389 g/mol. The number of benzene rings is 1. The molecule has 1 aliphatic heterocycles. The molecule has 1 aliphatic rings. The van der Waals surface area contributed by atoms with E-state index in [0.717, 1.165) is 5.82 Å². The molecule has 2 aromatic rings. The number of piperidine rings is 1. The first-order valence-corrected chi connectivity index (χ1v) is 10.4. The minimum atomic E-state index is -3.50. The Hall–Kier alpha value is -2.45. The summed E-state index contributed by atoms with van der Waals surface area (Å²) in [7, 11) is -3.50. The molecule has 0 amide bonds. The number of carbonyl (C=O) groups excluding carboxylic acids is 1. The van der Waals surface area contributed by atoms with Gasteiger partial charge in [-0.1, -0.05) is 18.2 Å². The molecule has 27 heavy (non-hydrogen) atoms. The Labute approximate surface area is 159 Å². The van der Waals surface area contributed by atoms with E-state index in [4.69, 9.17) is 4.74 Å². The quantitative estimate of drug-likeness (QED) is 0.762. The van der Waals surface area contributed by atoms with Gasteiger partial charge in [0.25, 0.3) is 0 Å². The Kier molecular flexibility index (Phi) is 6.08. The van der Waals surface area contributed by atoms with E-state index in [1.165, 1.54) is 6.20 Å². The SMILES string of the molecule is CCOC(=O)c1ccc(N2CCC(NS(=O)(=O)c3ccccc3)CC2)nc1. The van der Waals surface area contributed by atoms with Crippen LogP contribution in [0, 0.1) is 0 Å². The van der Waals surface area contributed by atoms with Gasteiger partial charge in [0, 0.05) is 25.3 Å². The van der Waals surface area contributed by atoms with Crippen molar-refractivity contribution in [3.63, 3.8) is 0 Å². The first-order chi connectivity index (χ1) is 13.0. The number of aromatic nitrogens is 1. The number of nitrogens with one attached hydrogen (secondary N) is 1. The van der Waals surface area contributed by atoms with E-state index in [1.54, 1.807) is 49.4 Å². The van der Waals surface area contributed by atoms with Crippen molar-refractivity contribution in [2.75, 3.05) is 24.6 Å². The summed E-state index contributed by atoms with van der Waals surface area (Å²) in [4.78, 5) is 18.4. The lowest BCUT2D eigenvalue weighted by Gasteiger charge is -2.33.